The lowest BCUT2D eigenvalue weighted by Crippen LogP contribution is -2.49. The number of likely N-dealkylation sites (N-methyl/N-ethyl adjacent to an activating group) is 1. The standard InChI is InChI=1S/C14H21Cl2N3OS/c1-17(2)3-4-18-5-7-19(8-6-18)10-12(20)11-9-13(15)21-14(11)16/h9H,3-8,10H2,1-2H3. The van der Waals surface area contributed by atoms with Gasteiger partial charge in [-0.2, -0.15) is 0 Å². The smallest absolute Gasteiger partial charge is 0.179 e. The molecule has 2 rings (SSSR count). The molecule has 21 heavy (non-hydrogen) atoms. The number of carbonyl (C=O) groups excluding carboxylic acids is 1. The van der Waals surface area contributed by atoms with Crippen LogP contribution in [0.4, 0.5) is 0 Å². The normalized spacial score (nSPS) is 17.6. The molecule has 0 bridgehead atoms. The molecule has 1 aromatic rings. The predicted molar refractivity (Wildman–Crippen MR) is 90.1 cm³/mol. The van der Waals surface area contributed by atoms with Crippen LogP contribution in [0.2, 0.25) is 8.67 Å². The number of hydrogen-bond acceptors (Lipinski definition) is 5. The van der Waals surface area contributed by atoms with Crippen LogP contribution in [0.3, 0.4) is 0 Å². The van der Waals surface area contributed by atoms with Gasteiger partial charge in [0, 0.05) is 39.3 Å². The van der Waals surface area contributed by atoms with Crippen molar-refractivity contribution >= 4 is 40.3 Å². The third-order valence-electron chi connectivity index (χ3n) is 3.65. The summed E-state index contributed by atoms with van der Waals surface area (Å²) >= 11 is 13.2. The van der Waals surface area contributed by atoms with Crippen LogP contribution in [0.25, 0.3) is 0 Å². The molecule has 4 nitrogen and oxygen atoms in total. The number of hydrogen-bond donors (Lipinski definition) is 0. The van der Waals surface area contributed by atoms with Crippen molar-refractivity contribution in [2.45, 2.75) is 0 Å². The van der Waals surface area contributed by atoms with E-state index in [4.69, 9.17) is 23.2 Å². The van der Waals surface area contributed by atoms with Crippen molar-refractivity contribution in [2.24, 2.45) is 0 Å². The zero-order chi connectivity index (χ0) is 15.4. The van der Waals surface area contributed by atoms with Gasteiger partial charge in [-0.3, -0.25) is 14.6 Å². The molecule has 0 radical (unpaired) electrons. The Labute approximate surface area is 140 Å². The number of carbonyl (C=O) groups is 1. The summed E-state index contributed by atoms with van der Waals surface area (Å²) in [5.74, 6) is 0.0601. The van der Waals surface area contributed by atoms with E-state index in [1.807, 2.05) is 0 Å². The van der Waals surface area contributed by atoms with Gasteiger partial charge in [-0.1, -0.05) is 23.2 Å². The topological polar surface area (TPSA) is 26.8 Å². The zero-order valence-corrected chi connectivity index (χ0v) is 14.8. The van der Waals surface area contributed by atoms with Crippen LogP contribution in [0.1, 0.15) is 10.4 Å². The maximum atomic E-state index is 12.2. The Morgan fingerprint density at radius 3 is 2.38 bits per heavy atom. The zero-order valence-electron chi connectivity index (χ0n) is 12.4. The molecule has 0 unspecified atom stereocenters. The van der Waals surface area contributed by atoms with Gasteiger partial charge in [0.05, 0.1) is 16.4 Å². The first kappa shape index (κ1) is 17.2. The molecule has 1 aliphatic rings. The highest BCUT2D eigenvalue weighted by atomic mass is 35.5. The van der Waals surface area contributed by atoms with E-state index < -0.39 is 0 Å². The second-order valence-electron chi connectivity index (χ2n) is 5.58. The molecule has 1 saturated heterocycles. The highest BCUT2D eigenvalue weighted by Crippen LogP contribution is 2.31. The Kier molecular flexibility index (Phi) is 6.47. The number of rotatable bonds is 6. The monoisotopic (exact) mass is 349 g/mol. The van der Waals surface area contributed by atoms with Crippen LogP contribution >= 0.6 is 34.5 Å². The first-order valence-electron chi connectivity index (χ1n) is 7.03. The molecule has 0 N–H and O–H groups in total. The number of halogens is 2. The summed E-state index contributed by atoms with van der Waals surface area (Å²) in [5, 5.41) is 0. The molecular formula is C14H21Cl2N3OS. The van der Waals surface area contributed by atoms with Crippen molar-refractivity contribution < 1.29 is 4.79 Å². The first-order valence-corrected chi connectivity index (χ1v) is 8.60. The van der Waals surface area contributed by atoms with E-state index in [2.05, 4.69) is 28.8 Å². The van der Waals surface area contributed by atoms with Gasteiger partial charge in [-0.15, -0.1) is 11.3 Å². The van der Waals surface area contributed by atoms with Crippen molar-refractivity contribution in [3.05, 3.63) is 20.3 Å². The molecular weight excluding hydrogens is 329 g/mol. The van der Waals surface area contributed by atoms with E-state index in [0.29, 0.717) is 20.8 Å². The Morgan fingerprint density at radius 1 is 1.24 bits per heavy atom. The van der Waals surface area contributed by atoms with Gasteiger partial charge in [0.2, 0.25) is 0 Å². The molecule has 1 aliphatic heterocycles. The first-order chi connectivity index (χ1) is 9.95. The van der Waals surface area contributed by atoms with Crippen molar-refractivity contribution in [3.63, 3.8) is 0 Å². The van der Waals surface area contributed by atoms with Crippen molar-refractivity contribution in [1.82, 2.24) is 14.7 Å². The Hall–Kier alpha value is -0.170. The SMILES string of the molecule is CN(C)CCN1CCN(CC(=O)c2cc(Cl)sc2Cl)CC1. The van der Waals surface area contributed by atoms with Crippen LogP contribution in [-0.2, 0) is 0 Å². The average molecular weight is 350 g/mol. The van der Waals surface area contributed by atoms with Crippen LogP contribution in [0, 0.1) is 0 Å². The van der Waals surface area contributed by atoms with Crippen molar-refractivity contribution in [3.8, 4) is 0 Å². The second-order valence-corrected chi connectivity index (χ2v) is 7.87. The largest absolute Gasteiger partial charge is 0.308 e. The number of thiophene rings is 1. The minimum atomic E-state index is 0.0601. The highest BCUT2D eigenvalue weighted by molar-refractivity contribution is 7.20. The third kappa shape index (κ3) is 5.20. The molecule has 0 atom stereocenters. The lowest BCUT2D eigenvalue weighted by atomic mass is 10.2. The van der Waals surface area contributed by atoms with E-state index in [0.717, 1.165) is 39.3 Å². The minimum absolute atomic E-state index is 0.0601. The van der Waals surface area contributed by atoms with Crippen molar-refractivity contribution in [2.75, 3.05) is 59.9 Å². The minimum Gasteiger partial charge on any atom is -0.308 e. The molecule has 0 aromatic carbocycles. The molecule has 2 heterocycles. The Balaban J connectivity index is 1.78. The average Bonchev–Trinajstić information content (AvgIpc) is 2.77. The maximum absolute atomic E-state index is 12.2. The molecule has 0 spiro atoms. The summed E-state index contributed by atoms with van der Waals surface area (Å²) in [4.78, 5) is 19.1. The van der Waals surface area contributed by atoms with Gasteiger partial charge in [0.15, 0.2) is 5.78 Å². The molecule has 1 aromatic heterocycles. The summed E-state index contributed by atoms with van der Waals surface area (Å²) in [5.41, 5.74) is 0.557. The number of nitrogens with zero attached hydrogens (tertiary/aromatic N) is 3. The lowest BCUT2D eigenvalue weighted by Gasteiger charge is -2.34. The van der Waals surface area contributed by atoms with Gasteiger partial charge in [0.25, 0.3) is 0 Å². The molecule has 1 fully saturated rings. The molecule has 0 saturated carbocycles. The quantitative estimate of drug-likeness (QED) is 0.737. The number of ketones is 1. The fourth-order valence-electron chi connectivity index (χ4n) is 2.33. The summed E-state index contributed by atoms with van der Waals surface area (Å²) in [6.07, 6.45) is 0. The lowest BCUT2D eigenvalue weighted by molar-refractivity contribution is 0.0845. The summed E-state index contributed by atoms with van der Waals surface area (Å²) in [6, 6.07) is 1.67. The predicted octanol–water partition coefficient (Wildman–Crippen LogP) is 2.42. The van der Waals surface area contributed by atoms with E-state index in [1.54, 1.807) is 6.07 Å². The van der Waals surface area contributed by atoms with Gasteiger partial charge >= 0.3 is 0 Å². The fraction of sp³-hybridized carbons (Fsp3) is 0.643. The van der Waals surface area contributed by atoms with Gasteiger partial charge in [0.1, 0.15) is 4.34 Å². The fourth-order valence-corrected chi connectivity index (χ4v) is 3.83. The van der Waals surface area contributed by atoms with E-state index >= 15 is 0 Å². The molecule has 7 heteroatoms. The van der Waals surface area contributed by atoms with Crippen LogP contribution in [0.15, 0.2) is 6.07 Å². The van der Waals surface area contributed by atoms with E-state index in [1.165, 1.54) is 11.3 Å². The third-order valence-corrected chi connectivity index (χ3v) is 5.14. The van der Waals surface area contributed by atoms with E-state index in [-0.39, 0.29) is 5.78 Å². The molecule has 118 valence electrons. The number of Topliss-reactive ketones (excluding diaryl/α,β-unsaturated/α-hetero) is 1. The summed E-state index contributed by atoms with van der Waals surface area (Å²) < 4.78 is 1.06. The molecule has 0 amide bonds. The van der Waals surface area contributed by atoms with Crippen LogP contribution in [-0.4, -0.2) is 80.4 Å². The maximum Gasteiger partial charge on any atom is 0.179 e. The van der Waals surface area contributed by atoms with E-state index in [9.17, 15) is 4.79 Å². The van der Waals surface area contributed by atoms with Crippen LogP contribution in [0.5, 0.6) is 0 Å². The number of piperazine rings is 1. The second kappa shape index (κ2) is 7.90. The molecule has 0 aliphatic carbocycles. The Bertz CT molecular complexity index is 485. The summed E-state index contributed by atoms with van der Waals surface area (Å²) in [6.45, 7) is 6.46. The van der Waals surface area contributed by atoms with Gasteiger partial charge < -0.3 is 4.90 Å². The van der Waals surface area contributed by atoms with Gasteiger partial charge in [-0.05, 0) is 20.2 Å². The van der Waals surface area contributed by atoms with Crippen molar-refractivity contribution in [1.29, 1.82) is 0 Å². The van der Waals surface area contributed by atoms with Gasteiger partial charge in [-0.25, -0.2) is 0 Å². The Morgan fingerprint density at radius 2 is 1.86 bits per heavy atom. The highest BCUT2D eigenvalue weighted by Gasteiger charge is 2.21. The summed E-state index contributed by atoms with van der Waals surface area (Å²) in [7, 11) is 4.18. The van der Waals surface area contributed by atoms with Crippen LogP contribution < -0.4 is 0 Å².